The fourth-order valence-corrected chi connectivity index (χ4v) is 4.62. The molecule has 0 heterocycles. The van der Waals surface area contributed by atoms with Gasteiger partial charge in [-0.25, -0.2) is 13.1 Å². The van der Waals surface area contributed by atoms with Crippen molar-refractivity contribution in [3.05, 3.63) is 0 Å². The van der Waals surface area contributed by atoms with E-state index >= 15 is 0 Å². The Bertz CT molecular complexity index is 362. The molecule has 1 rings (SSSR count). The Morgan fingerprint density at radius 2 is 1.79 bits per heavy atom. The highest BCUT2D eigenvalue weighted by molar-refractivity contribution is 7.89. The van der Waals surface area contributed by atoms with Crippen LogP contribution in [0.25, 0.3) is 0 Å². The SMILES string of the molecule is CC(C)(C)C1CCCCC1NS(=O)(=O)CCCCCl. The van der Waals surface area contributed by atoms with Crippen molar-refractivity contribution in [2.45, 2.75) is 65.3 Å². The molecule has 0 radical (unpaired) electrons. The van der Waals surface area contributed by atoms with E-state index < -0.39 is 10.0 Å². The van der Waals surface area contributed by atoms with Crippen LogP contribution < -0.4 is 4.72 Å². The maximum absolute atomic E-state index is 12.1. The Kier molecular flexibility index (Phi) is 6.61. The van der Waals surface area contributed by atoms with Crippen LogP contribution in [0.1, 0.15) is 59.3 Å². The van der Waals surface area contributed by atoms with E-state index in [-0.39, 0.29) is 17.2 Å². The Morgan fingerprint density at radius 1 is 1.16 bits per heavy atom. The zero-order chi connectivity index (χ0) is 14.5. The lowest BCUT2D eigenvalue weighted by Gasteiger charge is -2.40. The molecule has 1 aliphatic rings. The summed E-state index contributed by atoms with van der Waals surface area (Å²) in [4.78, 5) is 0. The first-order valence-corrected chi connectivity index (χ1v) is 9.51. The van der Waals surface area contributed by atoms with Crippen molar-refractivity contribution < 1.29 is 8.42 Å². The van der Waals surface area contributed by atoms with Crippen LogP contribution in [0.5, 0.6) is 0 Å². The largest absolute Gasteiger partial charge is 0.212 e. The van der Waals surface area contributed by atoms with Crippen LogP contribution in [0, 0.1) is 11.3 Å². The van der Waals surface area contributed by atoms with Crippen molar-refractivity contribution in [3.63, 3.8) is 0 Å². The number of halogens is 1. The van der Waals surface area contributed by atoms with E-state index in [0.717, 1.165) is 25.7 Å². The maximum atomic E-state index is 12.1. The van der Waals surface area contributed by atoms with E-state index in [1.54, 1.807) is 0 Å². The van der Waals surface area contributed by atoms with Gasteiger partial charge < -0.3 is 0 Å². The Labute approximate surface area is 123 Å². The number of alkyl halides is 1. The van der Waals surface area contributed by atoms with Crippen molar-refractivity contribution in [1.29, 1.82) is 0 Å². The molecule has 114 valence electrons. The molecule has 2 unspecified atom stereocenters. The van der Waals surface area contributed by atoms with Crippen molar-refractivity contribution in [1.82, 2.24) is 4.72 Å². The minimum absolute atomic E-state index is 0.106. The fraction of sp³-hybridized carbons (Fsp3) is 1.00. The highest BCUT2D eigenvalue weighted by atomic mass is 35.5. The Hall–Kier alpha value is 0.200. The minimum Gasteiger partial charge on any atom is -0.212 e. The number of rotatable bonds is 6. The molecule has 0 spiro atoms. The molecular formula is C14H28ClNO2S. The van der Waals surface area contributed by atoms with Gasteiger partial charge in [0, 0.05) is 11.9 Å². The highest BCUT2D eigenvalue weighted by Crippen LogP contribution is 2.38. The molecule has 0 saturated heterocycles. The summed E-state index contributed by atoms with van der Waals surface area (Å²) in [5.41, 5.74) is 0.156. The van der Waals surface area contributed by atoms with Gasteiger partial charge in [0.1, 0.15) is 0 Å². The third-order valence-corrected chi connectivity index (χ3v) is 5.76. The van der Waals surface area contributed by atoms with Crippen LogP contribution in [-0.4, -0.2) is 26.1 Å². The molecule has 1 saturated carbocycles. The van der Waals surface area contributed by atoms with E-state index in [0.29, 0.717) is 18.2 Å². The minimum atomic E-state index is -3.16. The standard InChI is InChI=1S/C14H28ClNO2S/c1-14(2,3)12-8-4-5-9-13(12)16-19(17,18)11-7-6-10-15/h12-13,16H,4-11H2,1-3H3. The van der Waals surface area contributed by atoms with Crippen LogP contribution in [0.3, 0.4) is 0 Å². The molecule has 0 aliphatic heterocycles. The molecule has 3 nitrogen and oxygen atoms in total. The molecule has 0 aromatic heterocycles. The van der Waals surface area contributed by atoms with Crippen LogP contribution >= 0.6 is 11.6 Å². The van der Waals surface area contributed by atoms with Gasteiger partial charge in [-0.3, -0.25) is 0 Å². The lowest BCUT2D eigenvalue weighted by molar-refractivity contribution is 0.144. The van der Waals surface area contributed by atoms with Gasteiger partial charge in [-0.2, -0.15) is 0 Å². The second-order valence-corrected chi connectivity index (χ2v) is 8.95. The molecule has 19 heavy (non-hydrogen) atoms. The topological polar surface area (TPSA) is 46.2 Å². The van der Waals surface area contributed by atoms with Gasteiger partial charge in [0.2, 0.25) is 10.0 Å². The summed E-state index contributed by atoms with van der Waals surface area (Å²) in [6, 6.07) is 0.106. The monoisotopic (exact) mass is 309 g/mol. The molecule has 0 bridgehead atoms. The van der Waals surface area contributed by atoms with Gasteiger partial charge in [0.15, 0.2) is 0 Å². The lowest BCUT2D eigenvalue weighted by Crippen LogP contribution is -2.47. The average molecular weight is 310 g/mol. The van der Waals surface area contributed by atoms with Gasteiger partial charge >= 0.3 is 0 Å². The summed E-state index contributed by atoms with van der Waals surface area (Å²) in [6.45, 7) is 6.62. The number of hydrogen-bond donors (Lipinski definition) is 1. The van der Waals surface area contributed by atoms with Gasteiger partial charge in [0.05, 0.1) is 5.75 Å². The lowest BCUT2D eigenvalue weighted by atomic mass is 9.70. The van der Waals surface area contributed by atoms with E-state index in [1.165, 1.54) is 6.42 Å². The van der Waals surface area contributed by atoms with Crippen LogP contribution in [0.4, 0.5) is 0 Å². The smallest absolute Gasteiger partial charge is 0.211 e. The summed E-state index contributed by atoms with van der Waals surface area (Å²) in [6.07, 6.45) is 5.84. The quantitative estimate of drug-likeness (QED) is 0.602. The van der Waals surface area contributed by atoms with E-state index in [9.17, 15) is 8.42 Å². The maximum Gasteiger partial charge on any atom is 0.211 e. The van der Waals surface area contributed by atoms with Crippen molar-refractivity contribution in [2.75, 3.05) is 11.6 Å². The molecule has 1 N–H and O–H groups in total. The van der Waals surface area contributed by atoms with Gasteiger partial charge in [0.25, 0.3) is 0 Å². The molecule has 1 aliphatic carbocycles. The second-order valence-electron chi connectivity index (χ2n) is 6.70. The Balaban J connectivity index is 2.62. The number of nitrogens with one attached hydrogen (secondary N) is 1. The average Bonchev–Trinajstić information content (AvgIpc) is 2.27. The first-order chi connectivity index (χ1) is 8.76. The predicted molar refractivity (Wildman–Crippen MR) is 82.1 cm³/mol. The summed E-state index contributed by atoms with van der Waals surface area (Å²) in [5, 5.41) is 0. The molecular weight excluding hydrogens is 282 g/mol. The zero-order valence-electron chi connectivity index (χ0n) is 12.4. The van der Waals surface area contributed by atoms with Gasteiger partial charge in [-0.1, -0.05) is 33.6 Å². The summed E-state index contributed by atoms with van der Waals surface area (Å²) in [7, 11) is -3.16. The third kappa shape index (κ3) is 6.01. The van der Waals surface area contributed by atoms with Crippen LogP contribution in [0.15, 0.2) is 0 Å². The van der Waals surface area contributed by atoms with Crippen molar-refractivity contribution in [3.8, 4) is 0 Å². The first kappa shape index (κ1) is 17.3. The number of hydrogen-bond acceptors (Lipinski definition) is 2. The predicted octanol–water partition coefficient (Wildman–Crippen LogP) is 3.53. The molecule has 2 atom stereocenters. The van der Waals surface area contributed by atoms with E-state index in [4.69, 9.17) is 11.6 Å². The zero-order valence-corrected chi connectivity index (χ0v) is 14.0. The van der Waals surface area contributed by atoms with E-state index in [2.05, 4.69) is 25.5 Å². The Morgan fingerprint density at radius 3 is 2.37 bits per heavy atom. The number of sulfonamides is 1. The molecule has 0 aromatic rings. The first-order valence-electron chi connectivity index (χ1n) is 7.32. The third-order valence-electron chi connectivity index (χ3n) is 4.01. The van der Waals surface area contributed by atoms with E-state index in [1.807, 2.05) is 0 Å². The normalized spacial score (nSPS) is 25.5. The van der Waals surface area contributed by atoms with Crippen molar-refractivity contribution in [2.24, 2.45) is 11.3 Å². The second kappa shape index (κ2) is 7.28. The summed E-state index contributed by atoms with van der Waals surface area (Å²) in [5.74, 6) is 1.17. The fourth-order valence-electron chi connectivity index (χ4n) is 2.98. The van der Waals surface area contributed by atoms with Gasteiger partial charge in [-0.05, 0) is 37.0 Å². The van der Waals surface area contributed by atoms with Crippen molar-refractivity contribution >= 4 is 21.6 Å². The van der Waals surface area contributed by atoms with Crippen LogP contribution in [-0.2, 0) is 10.0 Å². The van der Waals surface area contributed by atoms with Gasteiger partial charge in [-0.15, -0.1) is 11.6 Å². The molecule has 1 fully saturated rings. The highest BCUT2D eigenvalue weighted by Gasteiger charge is 2.35. The summed E-state index contributed by atoms with van der Waals surface area (Å²) < 4.78 is 27.1. The molecule has 5 heteroatoms. The molecule has 0 amide bonds. The number of unbranched alkanes of at least 4 members (excludes halogenated alkanes) is 1. The summed E-state index contributed by atoms with van der Waals surface area (Å²) >= 11 is 5.59. The molecule has 0 aromatic carbocycles. The van der Waals surface area contributed by atoms with Crippen LogP contribution in [0.2, 0.25) is 0 Å².